The molecule has 0 aromatic heterocycles. The van der Waals surface area contributed by atoms with Crippen LogP contribution in [0.5, 0.6) is 0 Å². The van der Waals surface area contributed by atoms with Gasteiger partial charge in [0, 0.05) is 19.8 Å². The van der Waals surface area contributed by atoms with E-state index in [4.69, 9.17) is 9.47 Å². The van der Waals surface area contributed by atoms with Crippen LogP contribution in [0, 0.1) is 46.3 Å². The van der Waals surface area contributed by atoms with Crippen LogP contribution < -0.4 is 0 Å². The molecule has 0 bridgehead atoms. The number of hydrogen-bond acceptors (Lipinski definition) is 4. The molecule has 3 saturated carbocycles. The maximum atomic E-state index is 12.2. The molecule has 0 spiro atoms. The largest absolute Gasteiger partial charge is 0.463 e. The van der Waals surface area contributed by atoms with Crippen LogP contribution in [0.4, 0.5) is 0 Å². The second-order valence-corrected chi connectivity index (χ2v) is 13.5. The van der Waals surface area contributed by atoms with E-state index in [2.05, 4.69) is 40.7 Å². The molecule has 4 nitrogen and oxygen atoms in total. The van der Waals surface area contributed by atoms with Crippen molar-refractivity contribution in [1.29, 1.82) is 0 Å². The van der Waals surface area contributed by atoms with Crippen molar-refractivity contribution >= 4 is 11.9 Å². The van der Waals surface area contributed by atoms with Crippen molar-refractivity contribution in [2.24, 2.45) is 46.3 Å². The number of hydrogen-bond donors (Lipinski definition) is 0. The number of carbonyl (C=O) groups is 2. The third kappa shape index (κ3) is 5.10. The fraction of sp³-hybridized carbons (Fsp3) is 0.871. The minimum Gasteiger partial charge on any atom is -0.463 e. The van der Waals surface area contributed by atoms with Gasteiger partial charge < -0.3 is 9.47 Å². The first kappa shape index (κ1) is 26.7. The van der Waals surface area contributed by atoms with Crippen molar-refractivity contribution in [3.63, 3.8) is 0 Å². The topological polar surface area (TPSA) is 52.6 Å². The summed E-state index contributed by atoms with van der Waals surface area (Å²) in [6, 6.07) is 0. The van der Waals surface area contributed by atoms with Crippen molar-refractivity contribution in [2.45, 2.75) is 125 Å². The molecular weight excluding hydrogens is 436 g/mol. The molecule has 9 atom stereocenters. The summed E-state index contributed by atoms with van der Waals surface area (Å²) in [5.74, 6) is 3.34. The summed E-state index contributed by atoms with van der Waals surface area (Å²) in [5.41, 5.74) is 2.06. The molecule has 0 aliphatic heterocycles. The summed E-state index contributed by atoms with van der Waals surface area (Å²) in [5, 5.41) is 0. The molecule has 0 saturated heterocycles. The molecule has 4 rings (SSSR count). The molecule has 9 unspecified atom stereocenters. The first-order chi connectivity index (χ1) is 16.5. The Hall–Kier alpha value is -1.32. The molecule has 0 radical (unpaired) electrons. The maximum absolute atomic E-state index is 12.2. The SMILES string of the molecule is CC(=O)OC1CCC2(C)C3CCC4(C)C(CCC4C(C)CCCC(C)C)C3=CC(OC(C)=O)C2C1. The van der Waals surface area contributed by atoms with E-state index >= 15 is 0 Å². The first-order valence-electron chi connectivity index (χ1n) is 14.5. The Morgan fingerprint density at radius 1 is 0.914 bits per heavy atom. The van der Waals surface area contributed by atoms with E-state index in [-0.39, 0.29) is 35.5 Å². The van der Waals surface area contributed by atoms with Crippen LogP contribution in [0.3, 0.4) is 0 Å². The molecule has 3 fully saturated rings. The number of ether oxygens (including phenoxy) is 2. The normalized spacial score (nSPS) is 41.3. The van der Waals surface area contributed by atoms with Gasteiger partial charge >= 0.3 is 11.9 Å². The Balaban J connectivity index is 1.59. The Morgan fingerprint density at radius 3 is 2.23 bits per heavy atom. The number of carbonyl (C=O) groups excluding carboxylic acids is 2. The summed E-state index contributed by atoms with van der Waals surface area (Å²) < 4.78 is 11.7. The molecule has 4 heteroatoms. The molecular formula is C31H50O4. The monoisotopic (exact) mass is 486 g/mol. The zero-order valence-electron chi connectivity index (χ0n) is 23.4. The minimum absolute atomic E-state index is 0.0602. The lowest BCUT2D eigenvalue weighted by Crippen LogP contribution is -2.54. The van der Waals surface area contributed by atoms with E-state index in [1.165, 1.54) is 58.8 Å². The van der Waals surface area contributed by atoms with E-state index < -0.39 is 0 Å². The van der Waals surface area contributed by atoms with Gasteiger partial charge in [-0.15, -0.1) is 0 Å². The van der Waals surface area contributed by atoms with Crippen LogP contribution in [-0.4, -0.2) is 24.1 Å². The number of rotatable bonds is 7. The Kier molecular flexibility index (Phi) is 7.80. The van der Waals surface area contributed by atoms with Crippen molar-refractivity contribution in [1.82, 2.24) is 0 Å². The lowest BCUT2D eigenvalue weighted by Gasteiger charge is -2.59. The molecule has 0 amide bonds. The molecule has 4 aliphatic carbocycles. The van der Waals surface area contributed by atoms with Crippen molar-refractivity contribution in [3.8, 4) is 0 Å². The molecule has 0 aromatic rings. The number of allylic oxidation sites excluding steroid dienone is 1. The second kappa shape index (κ2) is 10.2. The highest BCUT2D eigenvalue weighted by Gasteiger charge is 2.60. The van der Waals surface area contributed by atoms with Gasteiger partial charge in [0.1, 0.15) is 12.2 Å². The number of esters is 2. The summed E-state index contributed by atoms with van der Waals surface area (Å²) in [7, 11) is 0. The van der Waals surface area contributed by atoms with Gasteiger partial charge in [-0.05, 0) is 91.4 Å². The highest BCUT2D eigenvalue weighted by molar-refractivity contribution is 5.67. The lowest BCUT2D eigenvalue weighted by molar-refractivity contribution is -0.165. The third-order valence-corrected chi connectivity index (χ3v) is 10.9. The first-order valence-corrected chi connectivity index (χ1v) is 14.5. The van der Waals surface area contributed by atoms with E-state index in [1.807, 2.05) is 0 Å². The van der Waals surface area contributed by atoms with Crippen LogP contribution in [0.15, 0.2) is 11.6 Å². The Morgan fingerprint density at radius 2 is 1.57 bits per heavy atom. The number of fused-ring (bicyclic) bond motifs is 5. The summed E-state index contributed by atoms with van der Waals surface area (Å²) >= 11 is 0. The van der Waals surface area contributed by atoms with Gasteiger partial charge in [-0.3, -0.25) is 9.59 Å². The van der Waals surface area contributed by atoms with Gasteiger partial charge in [0.15, 0.2) is 0 Å². The molecule has 4 aliphatic rings. The summed E-state index contributed by atoms with van der Waals surface area (Å²) in [6.07, 6.45) is 14.1. The molecule has 198 valence electrons. The Bertz CT molecular complexity index is 830. The van der Waals surface area contributed by atoms with E-state index in [0.29, 0.717) is 17.3 Å². The fourth-order valence-electron chi connectivity index (χ4n) is 9.19. The maximum Gasteiger partial charge on any atom is 0.303 e. The van der Waals surface area contributed by atoms with Crippen LogP contribution in [0.1, 0.15) is 113 Å². The highest BCUT2D eigenvalue weighted by atomic mass is 16.5. The van der Waals surface area contributed by atoms with Crippen molar-refractivity contribution in [3.05, 3.63) is 11.6 Å². The quantitative estimate of drug-likeness (QED) is 0.276. The van der Waals surface area contributed by atoms with Crippen LogP contribution >= 0.6 is 0 Å². The average molecular weight is 487 g/mol. The van der Waals surface area contributed by atoms with Gasteiger partial charge in [-0.2, -0.15) is 0 Å². The molecule has 35 heavy (non-hydrogen) atoms. The van der Waals surface area contributed by atoms with Gasteiger partial charge in [0.25, 0.3) is 0 Å². The Labute approximate surface area is 214 Å². The minimum atomic E-state index is -0.206. The van der Waals surface area contributed by atoms with E-state index in [1.54, 1.807) is 5.57 Å². The van der Waals surface area contributed by atoms with Crippen molar-refractivity contribution < 1.29 is 19.1 Å². The predicted octanol–water partition coefficient (Wildman–Crippen LogP) is 7.50. The molecule has 0 aromatic carbocycles. The van der Waals surface area contributed by atoms with Gasteiger partial charge in [0.2, 0.25) is 0 Å². The summed E-state index contributed by atoms with van der Waals surface area (Å²) in [4.78, 5) is 23.8. The summed E-state index contributed by atoms with van der Waals surface area (Å²) in [6.45, 7) is 15.2. The van der Waals surface area contributed by atoms with E-state index in [0.717, 1.165) is 37.0 Å². The van der Waals surface area contributed by atoms with Crippen LogP contribution in [0.25, 0.3) is 0 Å². The zero-order chi connectivity index (χ0) is 25.5. The van der Waals surface area contributed by atoms with Crippen LogP contribution in [0.2, 0.25) is 0 Å². The van der Waals surface area contributed by atoms with Gasteiger partial charge in [-0.25, -0.2) is 0 Å². The lowest BCUT2D eigenvalue weighted by atomic mass is 9.47. The zero-order valence-corrected chi connectivity index (χ0v) is 23.4. The standard InChI is InChI=1S/C31H50O4/c1-19(2)9-8-10-20(3)25-11-12-26-24-18-29(35-22(5)33)28-17-23(34-21(4)32)13-15-31(28,7)27(24)14-16-30(25,26)6/h18-20,23,25-29H,8-17H2,1-7H3. The second-order valence-electron chi connectivity index (χ2n) is 13.5. The third-order valence-electron chi connectivity index (χ3n) is 10.9. The van der Waals surface area contributed by atoms with Gasteiger partial charge in [-0.1, -0.05) is 59.5 Å². The van der Waals surface area contributed by atoms with Crippen molar-refractivity contribution in [2.75, 3.05) is 0 Å². The predicted molar refractivity (Wildman–Crippen MR) is 140 cm³/mol. The van der Waals surface area contributed by atoms with Crippen LogP contribution in [-0.2, 0) is 19.1 Å². The smallest absolute Gasteiger partial charge is 0.303 e. The van der Waals surface area contributed by atoms with E-state index in [9.17, 15) is 9.59 Å². The molecule has 0 heterocycles. The average Bonchev–Trinajstić information content (AvgIpc) is 3.11. The highest BCUT2D eigenvalue weighted by Crippen LogP contribution is 2.67. The van der Waals surface area contributed by atoms with Gasteiger partial charge in [0.05, 0.1) is 0 Å². The molecule has 0 N–H and O–H groups in total. The fourth-order valence-corrected chi connectivity index (χ4v) is 9.19.